The molecule has 2 nitrogen and oxygen atoms in total. The molecular weight excluding hydrogens is 294 g/mol. The van der Waals surface area contributed by atoms with E-state index in [9.17, 15) is 0 Å². The molecule has 0 N–H and O–H groups in total. The molecular formula is C22H29NO. The number of nitrogens with zero attached hydrogens (tertiary/aromatic N) is 1. The van der Waals surface area contributed by atoms with Gasteiger partial charge in [-0.2, -0.15) is 0 Å². The highest BCUT2D eigenvalue weighted by Crippen LogP contribution is 2.30. The molecule has 2 aromatic rings. The zero-order valence-corrected chi connectivity index (χ0v) is 16.2. The van der Waals surface area contributed by atoms with Gasteiger partial charge in [0.1, 0.15) is 5.75 Å². The number of aliphatic imine (C=N–C) groups is 1. The monoisotopic (exact) mass is 323 g/mol. The van der Waals surface area contributed by atoms with E-state index in [1.165, 1.54) is 22.3 Å². The van der Waals surface area contributed by atoms with Crippen LogP contribution in [-0.2, 0) is 0 Å². The predicted molar refractivity (Wildman–Crippen MR) is 104 cm³/mol. The maximum Gasteiger partial charge on any atom is 0.124 e. The van der Waals surface area contributed by atoms with E-state index in [-0.39, 0.29) is 0 Å². The van der Waals surface area contributed by atoms with Gasteiger partial charge in [-0.05, 0) is 92.1 Å². The number of ether oxygens (including phenoxy) is 1. The number of methoxy groups -OCH3 is 1. The largest absolute Gasteiger partial charge is 0.496 e. The lowest BCUT2D eigenvalue weighted by Gasteiger charge is -2.16. The van der Waals surface area contributed by atoms with Crippen LogP contribution < -0.4 is 4.74 Å². The summed E-state index contributed by atoms with van der Waals surface area (Å²) in [6.45, 7) is 15.0. The van der Waals surface area contributed by atoms with Gasteiger partial charge < -0.3 is 4.74 Å². The summed E-state index contributed by atoms with van der Waals surface area (Å²) in [5.74, 6) is 1.42. The van der Waals surface area contributed by atoms with Crippen molar-refractivity contribution < 1.29 is 4.74 Å². The molecule has 24 heavy (non-hydrogen) atoms. The Balaban J connectivity index is 2.54. The zero-order chi connectivity index (χ0) is 18.0. The standard InChI is InChI=1S/C22H29NO/c1-13(2)20-11-14(3)15(4)12-21(20)18(7)23-19-9-16(5)22(24-8)17(6)10-19/h9-13H,1-8H3. The average Bonchev–Trinajstić information content (AvgIpc) is 2.49. The fourth-order valence-corrected chi connectivity index (χ4v) is 3.20. The molecule has 0 fully saturated rings. The highest BCUT2D eigenvalue weighted by atomic mass is 16.5. The second-order valence-corrected chi connectivity index (χ2v) is 6.99. The van der Waals surface area contributed by atoms with Gasteiger partial charge in [-0.3, -0.25) is 4.99 Å². The Bertz CT molecular complexity index is 762. The maximum atomic E-state index is 5.45. The lowest BCUT2D eigenvalue weighted by Crippen LogP contribution is -2.04. The first-order valence-corrected chi connectivity index (χ1v) is 8.56. The molecule has 0 saturated heterocycles. The smallest absolute Gasteiger partial charge is 0.124 e. The summed E-state index contributed by atoms with van der Waals surface area (Å²) in [4.78, 5) is 4.90. The van der Waals surface area contributed by atoms with E-state index in [1.807, 2.05) is 0 Å². The van der Waals surface area contributed by atoms with Crippen LogP contribution in [0.15, 0.2) is 29.3 Å². The van der Waals surface area contributed by atoms with Crippen LogP contribution in [-0.4, -0.2) is 12.8 Å². The lowest BCUT2D eigenvalue weighted by molar-refractivity contribution is 0.408. The Morgan fingerprint density at radius 2 is 1.42 bits per heavy atom. The fourth-order valence-electron chi connectivity index (χ4n) is 3.20. The van der Waals surface area contributed by atoms with Crippen molar-refractivity contribution in [3.05, 3.63) is 57.6 Å². The molecule has 0 aliphatic carbocycles. The van der Waals surface area contributed by atoms with Gasteiger partial charge in [0.25, 0.3) is 0 Å². The van der Waals surface area contributed by atoms with E-state index in [0.29, 0.717) is 5.92 Å². The molecule has 0 radical (unpaired) electrons. The first kappa shape index (κ1) is 18.3. The van der Waals surface area contributed by atoms with Crippen LogP contribution in [0.5, 0.6) is 5.75 Å². The van der Waals surface area contributed by atoms with Gasteiger partial charge in [-0.15, -0.1) is 0 Å². The summed E-state index contributed by atoms with van der Waals surface area (Å²) in [6.07, 6.45) is 0. The molecule has 0 bridgehead atoms. The van der Waals surface area contributed by atoms with Crippen LogP contribution in [0.3, 0.4) is 0 Å². The van der Waals surface area contributed by atoms with E-state index >= 15 is 0 Å². The van der Waals surface area contributed by atoms with Crippen molar-refractivity contribution in [2.45, 2.75) is 54.4 Å². The number of hydrogen-bond acceptors (Lipinski definition) is 2. The maximum absolute atomic E-state index is 5.45. The summed E-state index contributed by atoms with van der Waals surface area (Å²) >= 11 is 0. The van der Waals surface area contributed by atoms with Gasteiger partial charge in [0.05, 0.1) is 12.8 Å². The summed E-state index contributed by atoms with van der Waals surface area (Å²) < 4.78 is 5.45. The third-order valence-electron chi connectivity index (χ3n) is 4.62. The number of rotatable bonds is 4. The topological polar surface area (TPSA) is 21.6 Å². The van der Waals surface area contributed by atoms with Gasteiger partial charge in [0.15, 0.2) is 0 Å². The van der Waals surface area contributed by atoms with Gasteiger partial charge in [0.2, 0.25) is 0 Å². The second kappa shape index (κ2) is 7.21. The van der Waals surface area contributed by atoms with Crippen LogP contribution in [0, 0.1) is 27.7 Å². The zero-order valence-electron chi connectivity index (χ0n) is 16.2. The van der Waals surface area contributed by atoms with Crippen molar-refractivity contribution in [2.75, 3.05) is 7.11 Å². The van der Waals surface area contributed by atoms with E-state index < -0.39 is 0 Å². The molecule has 2 aromatic carbocycles. The molecule has 0 heterocycles. The predicted octanol–water partition coefficient (Wildman–Crippen LogP) is 6.19. The van der Waals surface area contributed by atoms with Gasteiger partial charge >= 0.3 is 0 Å². The van der Waals surface area contributed by atoms with Crippen LogP contribution in [0.1, 0.15) is 60.1 Å². The van der Waals surface area contributed by atoms with Gasteiger partial charge in [-0.1, -0.05) is 19.9 Å². The SMILES string of the molecule is COc1c(C)cc(N=C(C)c2cc(C)c(C)cc2C(C)C)cc1C. The van der Waals surface area contributed by atoms with Crippen molar-refractivity contribution in [3.63, 3.8) is 0 Å². The van der Waals surface area contributed by atoms with Crippen LogP contribution in [0.2, 0.25) is 0 Å². The van der Waals surface area contributed by atoms with Crippen LogP contribution in [0.4, 0.5) is 5.69 Å². The molecule has 0 aromatic heterocycles. The Kier molecular flexibility index (Phi) is 5.48. The van der Waals surface area contributed by atoms with Crippen molar-refractivity contribution in [2.24, 2.45) is 4.99 Å². The highest BCUT2D eigenvalue weighted by Gasteiger charge is 2.12. The summed E-state index contributed by atoms with van der Waals surface area (Å²) in [5.41, 5.74) is 9.54. The minimum Gasteiger partial charge on any atom is -0.496 e. The minimum atomic E-state index is 0.476. The molecule has 0 atom stereocenters. The first-order chi connectivity index (χ1) is 11.2. The third kappa shape index (κ3) is 3.69. The van der Waals surface area contributed by atoms with E-state index in [2.05, 4.69) is 72.7 Å². The van der Waals surface area contributed by atoms with E-state index in [1.54, 1.807) is 7.11 Å². The van der Waals surface area contributed by atoms with Crippen LogP contribution >= 0.6 is 0 Å². The summed E-state index contributed by atoms with van der Waals surface area (Å²) in [5, 5.41) is 0. The number of aryl methyl sites for hydroxylation is 4. The Labute approximate surface area is 146 Å². The van der Waals surface area contributed by atoms with Crippen molar-refractivity contribution >= 4 is 11.4 Å². The third-order valence-corrected chi connectivity index (χ3v) is 4.62. The number of hydrogen-bond donors (Lipinski definition) is 0. The molecule has 128 valence electrons. The fraction of sp³-hybridized carbons (Fsp3) is 0.409. The quantitative estimate of drug-likeness (QED) is 0.614. The van der Waals surface area contributed by atoms with Crippen molar-refractivity contribution in [1.82, 2.24) is 0 Å². The normalized spacial score (nSPS) is 12.0. The minimum absolute atomic E-state index is 0.476. The number of benzene rings is 2. The summed E-state index contributed by atoms with van der Waals surface area (Å²) in [6, 6.07) is 8.75. The van der Waals surface area contributed by atoms with Crippen molar-refractivity contribution in [3.8, 4) is 5.75 Å². The molecule has 2 rings (SSSR count). The van der Waals surface area contributed by atoms with Gasteiger partial charge in [0, 0.05) is 5.71 Å². The molecule has 0 aliphatic heterocycles. The lowest BCUT2D eigenvalue weighted by atomic mass is 9.90. The Morgan fingerprint density at radius 1 is 0.875 bits per heavy atom. The average molecular weight is 323 g/mol. The molecule has 0 spiro atoms. The van der Waals surface area contributed by atoms with Crippen LogP contribution in [0.25, 0.3) is 0 Å². The van der Waals surface area contributed by atoms with Crippen molar-refractivity contribution in [1.29, 1.82) is 0 Å². The highest BCUT2D eigenvalue weighted by molar-refractivity contribution is 6.02. The molecule has 2 heteroatoms. The first-order valence-electron chi connectivity index (χ1n) is 8.56. The van der Waals surface area contributed by atoms with E-state index in [0.717, 1.165) is 28.3 Å². The Morgan fingerprint density at radius 3 is 1.92 bits per heavy atom. The Hall–Kier alpha value is -2.09. The summed E-state index contributed by atoms with van der Waals surface area (Å²) in [7, 11) is 1.72. The second-order valence-electron chi connectivity index (χ2n) is 6.99. The molecule has 0 amide bonds. The van der Waals surface area contributed by atoms with Gasteiger partial charge in [-0.25, -0.2) is 0 Å². The molecule has 0 unspecified atom stereocenters. The molecule has 0 aliphatic rings. The van der Waals surface area contributed by atoms with E-state index in [4.69, 9.17) is 9.73 Å². The molecule has 0 saturated carbocycles.